The zero-order valence-corrected chi connectivity index (χ0v) is 15.8. The summed E-state index contributed by atoms with van der Waals surface area (Å²) >= 11 is 0. The van der Waals surface area contributed by atoms with Gasteiger partial charge in [-0.3, -0.25) is 4.99 Å². The van der Waals surface area contributed by atoms with Crippen LogP contribution in [0.25, 0.3) is 0 Å². The normalized spacial score (nSPS) is 29.0. The van der Waals surface area contributed by atoms with E-state index in [4.69, 9.17) is 4.99 Å². The minimum Gasteiger partial charge on any atom is -0.359 e. The topological polar surface area (TPSA) is 24.4 Å². The molecule has 1 aromatic rings. The molecule has 0 aromatic heterocycles. The number of allylic oxidation sites excluding steroid dienone is 4. The van der Waals surface area contributed by atoms with Gasteiger partial charge in [-0.25, -0.2) is 0 Å². The number of aliphatic imine (C=N–C) groups is 1. The van der Waals surface area contributed by atoms with E-state index >= 15 is 0 Å². The standard InChI is InChI=1S/C24H26N2/c1-5-21-20-12-17(3)14-24(21,22-11-8-18(4)26-23(22)13-20)25-15-19-9-6-16(2)7-10-19/h5-12,15,20,26H,4,13-14H2,1-3H3/b21-5+,25-15+. The van der Waals surface area contributed by atoms with Crippen molar-refractivity contribution in [1.29, 1.82) is 0 Å². The predicted octanol–water partition coefficient (Wildman–Crippen LogP) is 5.40. The zero-order chi connectivity index (χ0) is 18.3. The van der Waals surface area contributed by atoms with Crippen LogP contribution in [0.4, 0.5) is 0 Å². The molecule has 1 heterocycles. The van der Waals surface area contributed by atoms with Crippen LogP contribution < -0.4 is 5.32 Å². The van der Waals surface area contributed by atoms with Gasteiger partial charge in [0, 0.05) is 35.5 Å². The number of rotatable bonds is 2. The summed E-state index contributed by atoms with van der Waals surface area (Å²) in [5.41, 5.74) is 8.49. The first-order valence-corrected chi connectivity index (χ1v) is 9.35. The lowest BCUT2D eigenvalue weighted by molar-refractivity contribution is 0.453. The van der Waals surface area contributed by atoms with Gasteiger partial charge < -0.3 is 5.32 Å². The number of nitrogens with zero attached hydrogens (tertiary/aromatic N) is 1. The smallest absolute Gasteiger partial charge is 0.113 e. The highest BCUT2D eigenvalue weighted by atomic mass is 15.0. The van der Waals surface area contributed by atoms with Gasteiger partial charge in [0.1, 0.15) is 5.54 Å². The molecule has 1 N–H and O–H groups in total. The van der Waals surface area contributed by atoms with Crippen LogP contribution in [0.15, 0.2) is 88.3 Å². The number of hydrogen-bond donors (Lipinski definition) is 1. The summed E-state index contributed by atoms with van der Waals surface area (Å²) in [6.07, 6.45) is 13.0. The van der Waals surface area contributed by atoms with Crippen LogP contribution in [0.2, 0.25) is 0 Å². The van der Waals surface area contributed by atoms with E-state index in [1.165, 1.54) is 28.0 Å². The lowest BCUT2D eigenvalue weighted by atomic mass is 9.62. The fraction of sp³-hybridized carbons (Fsp3) is 0.292. The van der Waals surface area contributed by atoms with Gasteiger partial charge in [-0.05, 0) is 44.4 Å². The summed E-state index contributed by atoms with van der Waals surface area (Å²) in [6.45, 7) is 10.6. The Bertz CT molecular complexity index is 906. The number of nitrogens with one attached hydrogen (secondary N) is 1. The quantitative estimate of drug-likeness (QED) is 0.565. The Labute approximate surface area is 156 Å². The molecule has 4 rings (SSSR count). The third-order valence-electron chi connectivity index (χ3n) is 5.68. The van der Waals surface area contributed by atoms with Crippen molar-refractivity contribution in [3.05, 3.63) is 94.4 Å². The monoisotopic (exact) mass is 342 g/mol. The van der Waals surface area contributed by atoms with Gasteiger partial charge in [0.05, 0.1) is 0 Å². The molecule has 2 bridgehead atoms. The molecular weight excluding hydrogens is 316 g/mol. The molecule has 0 radical (unpaired) electrons. The molecule has 2 heteroatoms. The molecule has 0 amide bonds. The summed E-state index contributed by atoms with van der Waals surface area (Å²) < 4.78 is 0. The summed E-state index contributed by atoms with van der Waals surface area (Å²) in [7, 11) is 0. The number of fused-ring (bicyclic) bond motifs is 3. The van der Waals surface area contributed by atoms with Crippen LogP contribution in [0.3, 0.4) is 0 Å². The molecule has 0 fully saturated rings. The SMILES string of the molecule is C=C1C=CC2=C(CC3C=C(C)CC2(/N=C/c2ccc(C)cc2)/C3=C/C)N1. The van der Waals surface area contributed by atoms with Gasteiger partial charge in [0.25, 0.3) is 0 Å². The van der Waals surface area contributed by atoms with Crippen LogP contribution in [-0.4, -0.2) is 11.8 Å². The van der Waals surface area contributed by atoms with E-state index in [9.17, 15) is 0 Å². The molecule has 0 saturated heterocycles. The molecule has 2 nitrogen and oxygen atoms in total. The van der Waals surface area contributed by atoms with E-state index < -0.39 is 0 Å². The Morgan fingerprint density at radius 2 is 1.96 bits per heavy atom. The van der Waals surface area contributed by atoms with Crippen LogP contribution >= 0.6 is 0 Å². The molecule has 0 spiro atoms. The van der Waals surface area contributed by atoms with Gasteiger partial charge in [-0.2, -0.15) is 0 Å². The fourth-order valence-electron chi connectivity index (χ4n) is 4.56. The fourth-order valence-corrected chi connectivity index (χ4v) is 4.56. The van der Waals surface area contributed by atoms with Crippen molar-refractivity contribution in [3.8, 4) is 0 Å². The number of hydrogen-bond acceptors (Lipinski definition) is 2. The molecule has 3 aliphatic rings. The van der Waals surface area contributed by atoms with Crippen molar-refractivity contribution in [1.82, 2.24) is 5.32 Å². The van der Waals surface area contributed by atoms with Crippen molar-refractivity contribution in [2.75, 3.05) is 0 Å². The first kappa shape index (κ1) is 16.8. The summed E-state index contributed by atoms with van der Waals surface area (Å²) in [5, 5.41) is 3.50. The molecule has 2 unspecified atom stereocenters. The Hall–Kier alpha value is -2.61. The van der Waals surface area contributed by atoms with Crippen LogP contribution in [0, 0.1) is 12.8 Å². The Balaban J connectivity index is 1.85. The maximum Gasteiger partial charge on any atom is 0.113 e. The Morgan fingerprint density at radius 3 is 2.69 bits per heavy atom. The lowest BCUT2D eigenvalue weighted by Crippen LogP contribution is -2.44. The predicted molar refractivity (Wildman–Crippen MR) is 110 cm³/mol. The van der Waals surface area contributed by atoms with Crippen molar-refractivity contribution in [2.45, 2.75) is 39.2 Å². The average molecular weight is 342 g/mol. The molecule has 2 aliphatic carbocycles. The summed E-state index contributed by atoms with van der Waals surface area (Å²) in [4.78, 5) is 5.23. The summed E-state index contributed by atoms with van der Waals surface area (Å²) in [5.74, 6) is 0.412. The van der Waals surface area contributed by atoms with E-state index in [0.29, 0.717) is 5.92 Å². The molecule has 26 heavy (non-hydrogen) atoms. The minimum atomic E-state index is -0.305. The third kappa shape index (κ3) is 2.70. The van der Waals surface area contributed by atoms with Crippen LogP contribution in [0.5, 0.6) is 0 Å². The molecule has 0 saturated carbocycles. The van der Waals surface area contributed by atoms with Gasteiger partial charge >= 0.3 is 0 Å². The van der Waals surface area contributed by atoms with Gasteiger partial charge in [0.15, 0.2) is 0 Å². The number of aryl methyl sites for hydroxylation is 1. The van der Waals surface area contributed by atoms with Crippen molar-refractivity contribution in [2.24, 2.45) is 10.9 Å². The average Bonchev–Trinajstić information content (AvgIpc) is 2.60. The van der Waals surface area contributed by atoms with Gasteiger partial charge in [-0.1, -0.05) is 60.2 Å². The van der Waals surface area contributed by atoms with Crippen molar-refractivity contribution in [3.63, 3.8) is 0 Å². The Morgan fingerprint density at radius 1 is 1.19 bits per heavy atom. The summed E-state index contributed by atoms with van der Waals surface area (Å²) in [6, 6.07) is 8.57. The highest BCUT2D eigenvalue weighted by Gasteiger charge is 2.47. The molecule has 1 aromatic carbocycles. The molecule has 132 valence electrons. The van der Waals surface area contributed by atoms with E-state index in [1.54, 1.807) is 0 Å². The minimum absolute atomic E-state index is 0.305. The van der Waals surface area contributed by atoms with E-state index in [-0.39, 0.29) is 5.54 Å². The second kappa shape index (κ2) is 6.28. The third-order valence-corrected chi connectivity index (χ3v) is 5.68. The van der Waals surface area contributed by atoms with E-state index in [1.807, 2.05) is 6.21 Å². The number of benzene rings is 1. The van der Waals surface area contributed by atoms with Gasteiger partial charge in [-0.15, -0.1) is 0 Å². The van der Waals surface area contributed by atoms with Crippen molar-refractivity contribution < 1.29 is 0 Å². The second-order valence-electron chi connectivity index (χ2n) is 7.65. The first-order chi connectivity index (χ1) is 12.5. The first-order valence-electron chi connectivity index (χ1n) is 9.35. The van der Waals surface area contributed by atoms with Crippen LogP contribution in [0.1, 0.15) is 37.8 Å². The largest absolute Gasteiger partial charge is 0.359 e. The highest BCUT2D eigenvalue weighted by molar-refractivity contribution is 5.81. The van der Waals surface area contributed by atoms with Gasteiger partial charge in [0.2, 0.25) is 0 Å². The van der Waals surface area contributed by atoms with E-state index in [0.717, 1.165) is 24.1 Å². The Kier molecular flexibility index (Phi) is 4.07. The zero-order valence-electron chi connectivity index (χ0n) is 15.8. The lowest BCUT2D eigenvalue weighted by Gasteiger charge is -2.47. The van der Waals surface area contributed by atoms with E-state index in [2.05, 4.69) is 81.2 Å². The molecule has 1 aliphatic heterocycles. The maximum absolute atomic E-state index is 5.23. The maximum atomic E-state index is 5.23. The highest BCUT2D eigenvalue weighted by Crippen LogP contribution is 2.52. The molecular formula is C24H26N2. The van der Waals surface area contributed by atoms with Crippen molar-refractivity contribution >= 4 is 6.21 Å². The second-order valence-corrected chi connectivity index (χ2v) is 7.65. The van der Waals surface area contributed by atoms with Crippen LogP contribution in [-0.2, 0) is 0 Å². The number of dihydropyridines is 1. The molecule has 2 atom stereocenters.